The second kappa shape index (κ2) is 10.6. The topological polar surface area (TPSA) is 30.5 Å². The Balaban J connectivity index is 2.91. The van der Waals surface area contributed by atoms with Gasteiger partial charge in [-0.15, -0.1) is 0 Å². The minimum absolute atomic E-state index is 0.351. The molecule has 0 spiro atoms. The molecule has 3 heteroatoms. The van der Waals surface area contributed by atoms with E-state index in [9.17, 15) is 0 Å². The fourth-order valence-electron chi connectivity index (χ4n) is 2.97. The number of nitrogens with one attached hydrogen (secondary N) is 1. The highest BCUT2D eigenvalue weighted by molar-refractivity contribution is 5.36. The average molecular weight is 293 g/mol. The number of hydrogen-bond acceptors (Lipinski definition) is 3. The maximum Gasteiger partial charge on any atom is 0.124 e. The molecule has 1 N–H and O–H groups in total. The molecular formula is C18H31NO2. The van der Waals surface area contributed by atoms with E-state index >= 15 is 0 Å². The monoisotopic (exact) mass is 293 g/mol. The van der Waals surface area contributed by atoms with Gasteiger partial charge in [-0.05, 0) is 31.9 Å². The van der Waals surface area contributed by atoms with Gasteiger partial charge in [0.1, 0.15) is 12.4 Å². The Bertz CT molecular complexity index is 375. The molecule has 0 radical (unpaired) electrons. The molecule has 0 amide bonds. The highest BCUT2D eigenvalue weighted by Gasteiger charge is 2.23. The Labute approximate surface area is 130 Å². The fraction of sp³-hybridized carbons (Fsp3) is 0.667. The summed E-state index contributed by atoms with van der Waals surface area (Å²) in [7, 11) is 3.75. The van der Waals surface area contributed by atoms with Crippen LogP contribution in [0.15, 0.2) is 24.3 Å². The summed E-state index contributed by atoms with van der Waals surface area (Å²) >= 11 is 0. The first kappa shape index (κ1) is 18.0. The Morgan fingerprint density at radius 1 is 1.05 bits per heavy atom. The van der Waals surface area contributed by atoms with Gasteiger partial charge in [0.15, 0.2) is 0 Å². The minimum Gasteiger partial charge on any atom is -0.491 e. The van der Waals surface area contributed by atoms with Gasteiger partial charge in [0.25, 0.3) is 0 Å². The first-order valence-electron chi connectivity index (χ1n) is 8.16. The molecule has 0 heterocycles. The summed E-state index contributed by atoms with van der Waals surface area (Å²) in [5.74, 6) is 1.63. The summed E-state index contributed by atoms with van der Waals surface area (Å²) in [4.78, 5) is 0. The summed E-state index contributed by atoms with van der Waals surface area (Å²) in [5, 5.41) is 3.51. The van der Waals surface area contributed by atoms with Crippen LogP contribution in [0.1, 0.15) is 51.1 Å². The van der Waals surface area contributed by atoms with Crippen molar-refractivity contribution >= 4 is 0 Å². The summed E-state index contributed by atoms with van der Waals surface area (Å²) in [6.07, 6.45) is 4.92. The Morgan fingerprint density at radius 3 is 2.29 bits per heavy atom. The average Bonchev–Trinajstić information content (AvgIpc) is 2.50. The van der Waals surface area contributed by atoms with E-state index in [4.69, 9.17) is 9.47 Å². The zero-order valence-electron chi connectivity index (χ0n) is 14.0. The van der Waals surface area contributed by atoms with Gasteiger partial charge in [-0.25, -0.2) is 0 Å². The molecule has 1 aromatic carbocycles. The molecular weight excluding hydrogens is 262 g/mol. The molecule has 0 aliphatic rings. The highest BCUT2D eigenvalue weighted by Crippen LogP contribution is 2.34. The molecule has 1 unspecified atom stereocenters. The highest BCUT2D eigenvalue weighted by atomic mass is 16.5. The van der Waals surface area contributed by atoms with Crippen molar-refractivity contribution in [2.24, 2.45) is 5.92 Å². The van der Waals surface area contributed by atoms with Crippen LogP contribution in [0.3, 0.4) is 0 Å². The van der Waals surface area contributed by atoms with Crippen molar-refractivity contribution in [2.45, 2.75) is 45.6 Å². The van der Waals surface area contributed by atoms with E-state index in [2.05, 4.69) is 44.4 Å². The van der Waals surface area contributed by atoms with Gasteiger partial charge in [-0.1, -0.05) is 44.9 Å². The van der Waals surface area contributed by atoms with Gasteiger partial charge >= 0.3 is 0 Å². The fourth-order valence-corrected chi connectivity index (χ4v) is 2.97. The zero-order chi connectivity index (χ0) is 15.5. The Kier molecular flexibility index (Phi) is 9.11. The third-order valence-corrected chi connectivity index (χ3v) is 3.90. The molecule has 3 nitrogen and oxygen atoms in total. The van der Waals surface area contributed by atoms with Crippen LogP contribution in [0.5, 0.6) is 5.75 Å². The first-order valence-corrected chi connectivity index (χ1v) is 8.16. The van der Waals surface area contributed by atoms with Crippen LogP contribution in [0.2, 0.25) is 0 Å². The second-order valence-corrected chi connectivity index (χ2v) is 5.48. The van der Waals surface area contributed by atoms with Crippen LogP contribution in [-0.2, 0) is 4.74 Å². The van der Waals surface area contributed by atoms with E-state index in [1.54, 1.807) is 7.11 Å². The van der Waals surface area contributed by atoms with Gasteiger partial charge in [-0.3, -0.25) is 0 Å². The lowest BCUT2D eigenvalue weighted by atomic mass is 9.86. The van der Waals surface area contributed by atoms with Crippen molar-refractivity contribution in [2.75, 3.05) is 27.4 Å². The lowest BCUT2D eigenvalue weighted by Gasteiger charge is -2.28. The summed E-state index contributed by atoms with van der Waals surface area (Å²) in [6.45, 7) is 5.73. The summed E-state index contributed by atoms with van der Waals surface area (Å²) < 4.78 is 11.0. The van der Waals surface area contributed by atoms with Crippen molar-refractivity contribution in [3.05, 3.63) is 29.8 Å². The molecule has 0 bridgehead atoms. The number of hydrogen-bond donors (Lipinski definition) is 1. The standard InChI is InChI=1S/C18H31NO2/c1-5-9-15(10-6-2)18(19-3)16-11-7-8-12-17(16)21-14-13-20-4/h7-8,11-12,15,18-19H,5-6,9-10,13-14H2,1-4H3. The van der Waals surface area contributed by atoms with Gasteiger partial charge in [-0.2, -0.15) is 0 Å². The first-order chi connectivity index (χ1) is 10.3. The van der Waals surface area contributed by atoms with Gasteiger partial charge in [0, 0.05) is 18.7 Å². The van der Waals surface area contributed by atoms with E-state index in [-0.39, 0.29) is 0 Å². The molecule has 0 aliphatic heterocycles. The van der Waals surface area contributed by atoms with Crippen molar-refractivity contribution < 1.29 is 9.47 Å². The summed E-state index contributed by atoms with van der Waals surface area (Å²) in [6, 6.07) is 8.72. The molecule has 1 aromatic rings. The van der Waals surface area contributed by atoms with Crippen molar-refractivity contribution in [3.8, 4) is 5.75 Å². The Hall–Kier alpha value is -1.06. The number of methoxy groups -OCH3 is 1. The molecule has 1 atom stereocenters. The predicted molar refractivity (Wildman–Crippen MR) is 88.9 cm³/mol. The molecule has 21 heavy (non-hydrogen) atoms. The predicted octanol–water partition coefficient (Wildman–Crippen LogP) is 4.19. The molecule has 1 rings (SSSR count). The van der Waals surface area contributed by atoms with Gasteiger partial charge in [0.2, 0.25) is 0 Å². The SMILES string of the molecule is CCCC(CCC)C(NC)c1ccccc1OCCOC. The molecule has 0 aromatic heterocycles. The third-order valence-electron chi connectivity index (χ3n) is 3.90. The normalized spacial score (nSPS) is 12.6. The van der Waals surface area contributed by atoms with Crippen LogP contribution in [0, 0.1) is 5.92 Å². The Morgan fingerprint density at radius 2 is 1.71 bits per heavy atom. The van der Waals surface area contributed by atoms with Crippen LogP contribution >= 0.6 is 0 Å². The zero-order valence-corrected chi connectivity index (χ0v) is 14.0. The van der Waals surface area contributed by atoms with E-state index in [0.29, 0.717) is 25.2 Å². The quantitative estimate of drug-likeness (QED) is 0.621. The van der Waals surface area contributed by atoms with Crippen LogP contribution < -0.4 is 10.1 Å². The molecule has 0 saturated heterocycles. The van der Waals surface area contributed by atoms with Crippen LogP contribution in [0.25, 0.3) is 0 Å². The number of ether oxygens (including phenoxy) is 2. The van der Waals surface area contributed by atoms with Crippen molar-refractivity contribution in [1.82, 2.24) is 5.32 Å². The van der Waals surface area contributed by atoms with E-state index in [1.807, 2.05) is 6.07 Å². The minimum atomic E-state index is 0.351. The van der Waals surface area contributed by atoms with Crippen molar-refractivity contribution in [3.63, 3.8) is 0 Å². The van der Waals surface area contributed by atoms with Crippen LogP contribution in [0.4, 0.5) is 0 Å². The maximum absolute atomic E-state index is 5.90. The molecule has 0 fully saturated rings. The smallest absolute Gasteiger partial charge is 0.124 e. The molecule has 0 aliphatic carbocycles. The van der Waals surface area contributed by atoms with E-state index in [1.165, 1.54) is 31.2 Å². The van der Waals surface area contributed by atoms with E-state index < -0.39 is 0 Å². The van der Waals surface area contributed by atoms with Crippen LogP contribution in [-0.4, -0.2) is 27.4 Å². The lowest BCUT2D eigenvalue weighted by molar-refractivity contribution is 0.145. The van der Waals surface area contributed by atoms with E-state index in [0.717, 1.165) is 5.75 Å². The third kappa shape index (κ3) is 5.68. The molecule has 0 saturated carbocycles. The summed E-state index contributed by atoms with van der Waals surface area (Å²) in [5.41, 5.74) is 1.27. The molecule has 120 valence electrons. The lowest BCUT2D eigenvalue weighted by Crippen LogP contribution is -2.26. The number of para-hydroxylation sites is 1. The second-order valence-electron chi connectivity index (χ2n) is 5.48. The number of benzene rings is 1. The maximum atomic E-state index is 5.90. The number of rotatable bonds is 11. The van der Waals surface area contributed by atoms with Crippen molar-refractivity contribution in [1.29, 1.82) is 0 Å². The van der Waals surface area contributed by atoms with Gasteiger partial charge < -0.3 is 14.8 Å². The largest absolute Gasteiger partial charge is 0.491 e. The van der Waals surface area contributed by atoms with Gasteiger partial charge in [0.05, 0.1) is 6.61 Å².